The number of nitrogens with zero attached hydrogens (tertiary/aromatic N) is 1. The molecule has 2 aliphatic carbocycles. The van der Waals surface area contributed by atoms with Crippen LogP contribution in [0.4, 0.5) is 5.00 Å². The van der Waals surface area contributed by atoms with Gasteiger partial charge >= 0.3 is 0 Å². The number of furan rings is 1. The second-order valence-electron chi connectivity index (χ2n) is 7.32. The number of hydrogen-bond acceptors (Lipinski definition) is 5. The van der Waals surface area contributed by atoms with Crippen molar-refractivity contribution in [2.45, 2.75) is 70.5 Å². The third-order valence-electron chi connectivity index (χ3n) is 5.41. The fourth-order valence-corrected chi connectivity index (χ4v) is 5.18. The highest BCUT2D eigenvalue weighted by atomic mass is 32.1. The summed E-state index contributed by atoms with van der Waals surface area (Å²) in [4.78, 5) is 13.8. The normalized spacial score (nSPS) is 17.3. The number of aryl methyl sites for hydroxylation is 1. The van der Waals surface area contributed by atoms with Crippen molar-refractivity contribution in [1.29, 1.82) is 5.26 Å². The lowest BCUT2D eigenvalue weighted by Gasteiger charge is -2.21. The van der Waals surface area contributed by atoms with Crippen LogP contribution in [0.25, 0.3) is 0 Å². The molecule has 27 heavy (non-hydrogen) atoms. The molecule has 1 amide bonds. The smallest absolute Gasteiger partial charge is 0.292 e. The predicted octanol–water partition coefficient (Wildman–Crippen LogP) is 5.19. The van der Waals surface area contributed by atoms with E-state index >= 15 is 0 Å². The van der Waals surface area contributed by atoms with E-state index in [1.54, 1.807) is 12.1 Å². The van der Waals surface area contributed by atoms with E-state index in [-0.39, 0.29) is 11.7 Å². The maximum Gasteiger partial charge on any atom is 0.292 e. The van der Waals surface area contributed by atoms with Crippen molar-refractivity contribution < 1.29 is 13.9 Å². The number of nitriles is 1. The highest BCUT2D eigenvalue weighted by Gasteiger charge is 2.23. The van der Waals surface area contributed by atoms with Crippen molar-refractivity contribution in [1.82, 2.24) is 0 Å². The second-order valence-corrected chi connectivity index (χ2v) is 8.42. The number of anilines is 1. The second kappa shape index (κ2) is 8.28. The van der Waals surface area contributed by atoms with Gasteiger partial charge in [-0.3, -0.25) is 4.79 Å². The lowest BCUT2D eigenvalue weighted by Crippen LogP contribution is -2.16. The molecule has 1 N–H and O–H groups in total. The van der Waals surface area contributed by atoms with E-state index < -0.39 is 0 Å². The highest BCUT2D eigenvalue weighted by molar-refractivity contribution is 7.16. The van der Waals surface area contributed by atoms with Crippen LogP contribution < -0.4 is 5.32 Å². The van der Waals surface area contributed by atoms with E-state index in [0.717, 1.165) is 44.1 Å². The van der Waals surface area contributed by atoms with Gasteiger partial charge in [0.15, 0.2) is 5.76 Å². The molecule has 0 radical (unpaired) electrons. The third kappa shape index (κ3) is 4.10. The maximum absolute atomic E-state index is 12.6. The Hall–Kier alpha value is -2.10. The van der Waals surface area contributed by atoms with Crippen molar-refractivity contribution in [3.8, 4) is 6.07 Å². The Morgan fingerprint density at radius 1 is 1.22 bits per heavy atom. The molecule has 0 aliphatic heterocycles. The summed E-state index contributed by atoms with van der Waals surface area (Å²) in [6.45, 7) is 0.398. The zero-order valence-corrected chi connectivity index (χ0v) is 16.2. The van der Waals surface area contributed by atoms with E-state index in [4.69, 9.17) is 9.15 Å². The molecule has 0 unspecified atom stereocenters. The highest BCUT2D eigenvalue weighted by Crippen LogP contribution is 2.37. The molecule has 1 saturated carbocycles. The van der Waals surface area contributed by atoms with E-state index in [1.807, 2.05) is 0 Å². The lowest BCUT2D eigenvalue weighted by molar-refractivity contribution is 0.00849. The van der Waals surface area contributed by atoms with Crippen molar-refractivity contribution in [2.75, 3.05) is 5.32 Å². The summed E-state index contributed by atoms with van der Waals surface area (Å²) in [5.74, 6) is 0.609. The quantitative estimate of drug-likeness (QED) is 0.769. The Balaban J connectivity index is 1.40. The first kappa shape index (κ1) is 18.3. The van der Waals surface area contributed by atoms with Gasteiger partial charge in [-0.25, -0.2) is 0 Å². The fraction of sp³-hybridized carbons (Fsp3) is 0.524. The molecule has 0 saturated heterocycles. The number of hydrogen-bond donors (Lipinski definition) is 1. The Kier molecular flexibility index (Phi) is 5.61. The first-order valence-electron chi connectivity index (χ1n) is 9.81. The number of carbonyl (C=O) groups excluding carboxylic acids is 1. The topological polar surface area (TPSA) is 75.3 Å². The summed E-state index contributed by atoms with van der Waals surface area (Å²) in [6, 6.07) is 5.74. The van der Waals surface area contributed by atoms with Crippen LogP contribution in [0.15, 0.2) is 16.5 Å². The van der Waals surface area contributed by atoms with Crippen LogP contribution in [-0.4, -0.2) is 12.0 Å². The maximum atomic E-state index is 12.6. The Labute approximate surface area is 163 Å². The van der Waals surface area contributed by atoms with Gasteiger partial charge in [-0.05, 0) is 56.2 Å². The van der Waals surface area contributed by atoms with E-state index in [9.17, 15) is 10.1 Å². The minimum atomic E-state index is -0.311. The number of fused-ring (bicyclic) bond motifs is 1. The summed E-state index contributed by atoms with van der Waals surface area (Å²) in [5.41, 5.74) is 1.74. The summed E-state index contributed by atoms with van der Waals surface area (Å²) in [6.07, 6.45) is 10.4. The summed E-state index contributed by atoms with van der Waals surface area (Å²) < 4.78 is 11.6. The summed E-state index contributed by atoms with van der Waals surface area (Å²) in [5, 5.41) is 13.0. The molecule has 0 bridgehead atoms. The van der Waals surface area contributed by atoms with E-state index in [0.29, 0.717) is 29.0 Å². The number of carbonyl (C=O) groups is 1. The zero-order chi connectivity index (χ0) is 18.6. The van der Waals surface area contributed by atoms with Crippen molar-refractivity contribution in [3.05, 3.63) is 39.7 Å². The van der Waals surface area contributed by atoms with Gasteiger partial charge in [-0.1, -0.05) is 19.3 Å². The zero-order valence-electron chi connectivity index (χ0n) is 15.4. The number of thiophene rings is 1. The third-order valence-corrected chi connectivity index (χ3v) is 6.62. The molecule has 6 heteroatoms. The minimum absolute atomic E-state index is 0.257. The van der Waals surface area contributed by atoms with E-state index in [1.165, 1.54) is 35.5 Å². The van der Waals surface area contributed by atoms with Gasteiger partial charge < -0.3 is 14.5 Å². The molecule has 2 aromatic heterocycles. The van der Waals surface area contributed by atoms with Gasteiger partial charge in [-0.15, -0.1) is 11.3 Å². The molecule has 5 nitrogen and oxygen atoms in total. The van der Waals surface area contributed by atoms with Gasteiger partial charge in [-0.2, -0.15) is 5.26 Å². The van der Waals surface area contributed by atoms with Crippen molar-refractivity contribution in [3.63, 3.8) is 0 Å². The molecule has 2 aliphatic rings. The van der Waals surface area contributed by atoms with Crippen LogP contribution >= 0.6 is 11.3 Å². The number of ether oxygens (including phenoxy) is 1. The SMILES string of the molecule is N#Cc1c(NC(=O)c2ccc(COC3CCCCC3)o2)sc2c1CCCC2. The molecule has 142 valence electrons. The van der Waals surface area contributed by atoms with Crippen LogP contribution in [0.2, 0.25) is 0 Å². The van der Waals surface area contributed by atoms with E-state index in [2.05, 4.69) is 11.4 Å². The van der Waals surface area contributed by atoms with Crippen molar-refractivity contribution >= 4 is 22.2 Å². The first-order valence-corrected chi connectivity index (χ1v) is 10.6. The van der Waals surface area contributed by atoms with Crippen LogP contribution in [0.5, 0.6) is 0 Å². The van der Waals surface area contributed by atoms with Crippen LogP contribution in [0.3, 0.4) is 0 Å². The summed E-state index contributed by atoms with van der Waals surface area (Å²) >= 11 is 1.52. The Bertz CT molecular complexity index is 855. The lowest BCUT2D eigenvalue weighted by atomic mass is 9.96. The molecule has 0 atom stereocenters. The predicted molar refractivity (Wildman–Crippen MR) is 104 cm³/mol. The van der Waals surface area contributed by atoms with Gasteiger partial charge in [0, 0.05) is 4.88 Å². The van der Waals surface area contributed by atoms with Crippen LogP contribution in [0.1, 0.15) is 77.3 Å². The van der Waals surface area contributed by atoms with Crippen LogP contribution in [0, 0.1) is 11.3 Å². The first-order chi connectivity index (χ1) is 13.2. The average Bonchev–Trinajstić information content (AvgIpc) is 3.31. The molecule has 1 fully saturated rings. The summed E-state index contributed by atoms with van der Waals surface area (Å²) in [7, 11) is 0. The Morgan fingerprint density at radius 2 is 2.04 bits per heavy atom. The molecular formula is C21H24N2O3S. The number of rotatable bonds is 5. The molecule has 4 rings (SSSR count). The van der Waals surface area contributed by atoms with Crippen LogP contribution in [-0.2, 0) is 24.2 Å². The average molecular weight is 385 g/mol. The number of nitrogens with one attached hydrogen (secondary N) is 1. The molecular weight excluding hydrogens is 360 g/mol. The molecule has 2 heterocycles. The number of amides is 1. The molecule has 2 aromatic rings. The fourth-order valence-electron chi connectivity index (χ4n) is 3.95. The van der Waals surface area contributed by atoms with Crippen molar-refractivity contribution in [2.24, 2.45) is 0 Å². The van der Waals surface area contributed by atoms with Gasteiger partial charge in [0.1, 0.15) is 23.4 Å². The van der Waals surface area contributed by atoms with Gasteiger partial charge in [0.25, 0.3) is 5.91 Å². The monoisotopic (exact) mass is 384 g/mol. The molecule has 0 aromatic carbocycles. The standard InChI is InChI=1S/C21H24N2O3S/c22-12-17-16-8-4-5-9-19(16)27-21(17)23-20(24)18-11-10-15(26-18)13-25-14-6-2-1-3-7-14/h10-11,14H,1-9,13H2,(H,23,24). The Morgan fingerprint density at radius 3 is 2.85 bits per heavy atom. The van der Waals surface area contributed by atoms with Gasteiger partial charge in [0.2, 0.25) is 0 Å². The van der Waals surface area contributed by atoms with Gasteiger partial charge in [0.05, 0.1) is 11.7 Å². The minimum Gasteiger partial charge on any atom is -0.453 e. The molecule has 0 spiro atoms. The largest absolute Gasteiger partial charge is 0.453 e.